The maximum absolute atomic E-state index is 12.9. The molecule has 8 heteroatoms. The van der Waals surface area contributed by atoms with Crippen LogP contribution in [0.2, 0.25) is 5.02 Å². The Balaban J connectivity index is 2.41. The van der Waals surface area contributed by atoms with Crippen LogP contribution in [-0.2, 0) is 14.8 Å². The Morgan fingerprint density at radius 2 is 1.76 bits per heavy atom. The van der Waals surface area contributed by atoms with Crippen LogP contribution in [0.15, 0.2) is 47.4 Å². The van der Waals surface area contributed by atoms with Gasteiger partial charge in [-0.25, -0.2) is 13.2 Å². The number of methoxy groups -OCH3 is 2. The molecule has 25 heavy (non-hydrogen) atoms. The first-order valence-corrected chi connectivity index (χ1v) is 9.21. The molecule has 0 saturated carbocycles. The lowest BCUT2D eigenvalue weighted by atomic mass is 10.2. The first-order chi connectivity index (χ1) is 11.8. The number of ether oxygens (including phenoxy) is 2. The molecule has 0 spiro atoms. The Hall–Kier alpha value is -2.25. The van der Waals surface area contributed by atoms with E-state index in [1.165, 1.54) is 48.9 Å². The number of esters is 1. The number of rotatable bonds is 6. The van der Waals surface area contributed by atoms with Crippen molar-refractivity contribution in [2.75, 3.05) is 25.1 Å². The van der Waals surface area contributed by atoms with Crippen molar-refractivity contribution in [3.63, 3.8) is 0 Å². The second-order valence-corrected chi connectivity index (χ2v) is 7.27. The van der Waals surface area contributed by atoms with Crippen molar-refractivity contribution in [2.45, 2.75) is 11.8 Å². The number of halogens is 1. The van der Waals surface area contributed by atoms with Crippen LogP contribution in [0.1, 0.15) is 17.3 Å². The highest BCUT2D eigenvalue weighted by molar-refractivity contribution is 7.92. The van der Waals surface area contributed by atoms with Crippen LogP contribution in [0.25, 0.3) is 0 Å². The fourth-order valence-electron chi connectivity index (χ4n) is 2.31. The quantitative estimate of drug-likeness (QED) is 0.715. The number of hydrogen-bond donors (Lipinski definition) is 0. The lowest BCUT2D eigenvalue weighted by Crippen LogP contribution is -2.30. The Morgan fingerprint density at radius 1 is 1.12 bits per heavy atom. The zero-order chi connectivity index (χ0) is 18.6. The summed E-state index contributed by atoms with van der Waals surface area (Å²) in [7, 11) is -1.07. The molecule has 6 nitrogen and oxygen atoms in total. The summed E-state index contributed by atoms with van der Waals surface area (Å²) < 4.78 is 36.8. The lowest BCUT2D eigenvalue weighted by molar-refractivity contribution is 0.0601. The van der Waals surface area contributed by atoms with E-state index in [4.69, 9.17) is 16.3 Å². The van der Waals surface area contributed by atoms with Crippen molar-refractivity contribution in [3.8, 4) is 5.75 Å². The maximum Gasteiger partial charge on any atom is 0.337 e. The highest BCUT2D eigenvalue weighted by Crippen LogP contribution is 2.30. The SMILES string of the molecule is CCN(c1ccc(C(=O)OC)cc1)S(=O)(=O)c1ccc(OC)c(Cl)c1. The van der Waals surface area contributed by atoms with Crippen molar-refractivity contribution in [3.05, 3.63) is 53.1 Å². The van der Waals surface area contributed by atoms with Crippen LogP contribution in [0.4, 0.5) is 5.69 Å². The summed E-state index contributed by atoms with van der Waals surface area (Å²) in [6.07, 6.45) is 0. The Labute approximate surface area is 152 Å². The zero-order valence-corrected chi connectivity index (χ0v) is 15.6. The van der Waals surface area contributed by atoms with Crippen LogP contribution >= 0.6 is 11.6 Å². The van der Waals surface area contributed by atoms with Gasteiger partial charge >= 0.3 is 5.97 Å². The summed E-state index contributed by atoms with van der Waals surface area (Å²) in [5.74, 6) is -0.0921. The van der Waals surface area contributed by atoms with E-state index in [1.807, 2.05) is 0 Å². The second kappa shape index (κ2) is 7.76. The monoisotopic (exact) mass is 383 g/mol. The smallest absolute Gasteiger partial charge is 0.337 e. The van der Waals surface area contributed by atoms with Crippen LogP contribution in [-0.4, -0.2) is 35.2 Å². The van der Waals surface area contributed by atoms with Gasteiger partial charge in [-0.15, -0.1) is 0 Å². The zero-order valence-electron chi connectivity index (χ0n) is 14.0. The Morgan fingerprint density at radius 3 is 2.24 bits per heavy atom. The molecule has 2 aromatic rings. The topological polar surface area (TPSA) is 72.9 Å². The summed E-state index contributed by atoms with van der Waals surface area (Å²) in [5, 5.41) is 0.209. The molecular weight excluding hydrogens is 366 g/mol. The second-order valence-electron chi connectivity index (χ2n) is 5.00. The molecule has 0 aromatic heterocycles. The van der Waals surface area contributed by atoms with Gasteiger partial charge in [0.2, 0.25) is 0 Å². The first-order valence-electron chi connectivity index (χ1n) is 7.39. The molecule has 0 unspecified atom stereocenters. The molecule has 0 saturated heterocycles. The molecule has 0 heterocycles. The van der Waals surface area contributed by atoms with Crippen molar-refractivity contribution in [2.24, 2.45) is 0 Å². The van der Waals surface area contributed by atoms with E-state index in [0.717, 1.165) is 0 Å². The first kappa shape index (κ1) is 19.1. The minimum Gasteiger partial charge on any atom is -0.495 e. The van der Waals surface area contributed by atoms with Gasteiger partial charge < -0.3 is 9.47 Å². The molecule has 0 fully saturated rings. The molecule has 0 bridgehead atoms. The van der Waals surface area contributed by atoms with Crippen molar-refractivity contribution in [1.29, 1.82) is 0 Å². The fraction of sp³-hybridized carbons (Fsp3) is 0.235. The number of carbonyl (C=O) groups excluding carboxylic acids is 1. The Bertz CT molecular complexity index is 865. The molecule has 0 aliphatic heterocycles. The molecule has 2 rings (SSSR count). The third-order valence-corrected chi connectivity index (χ3v) is 5.77. The maximum atomic E-state index is 12.9. The van der Waals surface area contributed by atoms with E-state index in [9.17, 15) is 13.2 Å². The largest absolute Gasteiger partial charge is 0.495 e. The van der Waals surface area contributed by atoms with E-state index in [2.05, 4.69) is 4.74 Å². The van der Waals surface area contributed by atoms with E-state index >= 15 is 0 Å². The van der Waals surface area contributed by atoms with Crippen molar-refractivity contribution < 1.29 is 22.7 Å². The van der Waals surface area contributed by atoms with Gasteiger partial charge in [-0.3, -0.25) is 4.31 Å². The number of hydrogen-bond acceptors (Lipinski definition) is 5. The van der Waals surface area contributed by atoms with Crippen molar-refractivity contribution in [1.82, 2.24) is 0 Å². The summed E-state index contributed by atoms with van der Waals surface area (Å²) in [6, 6.07) is 10.4. The van der Waals surface area contributed by atoms with Gasteiger partial charge in [-0.05, 0) is 49.4 Å². The standard InChI is InChI=1S/C17H18ClNO5S/c1-4-19(13-7-5-12(6-8-13)17(20)24-3)25(21,22)14-9-10-16(23-2)15(18)11-14/h5-11H,4H2,1-3H3. The summed E-state index contributed by atoms with van der Waals surface area (Å²) in [6.45, 7) is 1.93. The Kier molecular flexibility index (Phi) is 5.92. The van der Waals surface area contributed by atoms with Gasteiger partial charge in [0.05, 0.1) is 35.4 Å². The minimum atomic E-state index is -3.81. The number of carbonyl (C=O) groups is 1. The van der Waals surface area contributed by atoms with Gasteiger partial charge in [-0.1, -0.05) is 11.6 Å². The van der Waals surface area contributed by atoms with E-state index in [0.29, 0.717) is 17.0 Å². The van der Waals surface area contributed by atoms with E-state index < -0.39 is 16.0 Å². The predicted octanol–water partition coefficient (Wildman–Crippen LogP) is 3.35. The average molecular weight is 384 g/mol. The molecule has 0 atom stereocenters. The third kappa shape index (κ3) is 3.88. The van der Waals surface area contributed by atoms with Crippen LogP contribution in [0, 0.1) is 0 Å². The van der Waals surface area contributed by atoms with Gasteiger partial charge in [0, 0.05) is 6.54 Å². The number of benzene rings is 2. The summed E-state index contributed by atoms with van der Waals surface area (Å²) in [4.78, 5) is 11.6. The van der Waals surface area contributed by atoms with Crippen molar-refractivity contribution >= 4 is 33.3 Å². The number of anilines is 1. The molecule has 0 aliphatic rings. The average Bonchev–Trinajstić information content (AvgIpc) is 2.62. The fourth-order valence-corrected chi connectivity index (χ4v) is 4.13. The number of nitrogens with zero attached hydrogens (tertiary/aromatic N) is 1. The summed E-state index contributed by atoms with van der Waals surface area (Å²) >= 11 is 6.04. The van der Waals surface area contributed by atoms with E-state index in [1.54, 1.807) is 19.1 Å². The number of sulfonamides is 1. The third-order valence-electron chi connectivity index (χ3n) is 3.57. The highest BCUT2D eigenvalue weighted by atomic mass is 35.5. The lowest BCUT2D eigenvalue weighted by Gasteiger charge is -2.23. The van der Waals surface area contributed by atoms with Crippen LogP contribution in [0.3, 0.4) is 0 Å². The normalized spacial score (nSPS) is 11.0. The molecule has 0 amide bonds. The molecule has 0 N–H and O–H groups in total. The van der Waals surface area contributed by atoms with E-state index in [-0.39, 0.29) is 16.5 Å². The van der Waals surface area contributed by atoms with Gasteiger partial charge in [0.15, 0.2) is 0 Å². The van der Waals surface area contributed by atoms with Gasteiger partial charge in [-0.2, -0.15) is 0 Å². The molecule has 2 aromatic carbocycles. The summed E-state index contributed by atoms with van der Waals surface area (Å²) in [5.41, 5.74) is 0.772. The molecule has 0 radical (unpaired) electrons. The molecule has 0 aliphatic carbocycles. The van der Waals surface area contributed by atoms with Gasteiger partial charge in [0.1, 0.15) is 5.75 Å². The molecular formula is C17H18ClNO5S. The highest BCUT2D eigenvalue weighted by Gasteiger charge is 2.24. The van der Waals surface area contributed by atoms with Gasteiger partial charge in [0.25, 0.3) is 10.0 Å². The minimum absolute atomic E-state index is 0.0530. The van der Waals surface area contributed by atoms with Crippen LogP contribution < -0.4 is 9.04 Å². The van der Waals surface area contributed by atoms with Crippen LogP contribution in [0.5, 0.6) is 5.75 Å². The molecule has 134 valence electrons. The predicted molar refractivity (Wildman–Crippen MR) is 96.0 cm³/mol.